The summed E-state index contributed by atoms with van der Waals surface area (Å²) >= 11 is 1.75. The Morgan fingerprint density at radius 3 is 2.63 bits per heavy atom. The van der Waals surface area contributed by atoms with Crippen LogP contribution in [0.3, 0.4) is 0 Å². The minimum atomic E-state index is 0.0640. The first-order valence-corrected chi connectivity index (χ1v) is 8.37. The molecule has 0 aliphatic carbocycles. The molecule has 0 amide bonds. The molecular weight excluding hydrogens is 321 g/mol. The van der Waals surface area contributed by atoms with Gasteiger partial charge in [-0.1, -0.05) is 0 Å². The number of rotatable bonds is 1. The molecule has 2 nitrogen and oxygen atoms in total. The van der Waals surface area contributed by atoms with Gasteiger partial charge >= 0.3 is 119 Å². The van der Waals surface area contributed by atoms with E-state index in [4.69, 9.17) is 0 Å². The summed E-state index contributed by atoms with van der Waals surface area (Å²) in [5.74, 6) is 0. The fourth-order valence-corrected chi connectivity index (χ4v) is 5.50. The van der Waals surface area contributed by atoms with E-state index in [0.29, 0.717) is 0 Å². The van der Waals surface area contributed by atoms with Crippen LogP contribution >= 0.6 is 11.3 Å². The third-order valence-electron chi connectivity index (χ3n) is 3.10. The molecule has 19 heavy (non-hydrogen) atoms. The van der Waals surface area contributed by atoms with Gasteiger partial charge in [-0.05, 0) is 0 Å². The van der Waals surface area contributed by atoms with Crippen LogP contribution in [0, 0.1) is 0 Å². The van der Waals surface area contributed by atoms with Gasteiger partial charge in [-0.3, -0.25) is 0 Å². The van der Waals surface area contributed by atoms with Gasteiger partial charge in [-0.25, -0.2) is 0 Å². The molecule has 4 rings (SSSR count). The molecule has 0 unspecified atom stereocenters. The summed E-state index contributed by atoms with van der Waals surface area (Å²) in [6.07, 6.45) is 0. The number of hydrogen-bond acceptors (Lipinski definition) is 2. The second-order valence-electron chi connectivity index (χ2n) is 4.31. The molecule has 2 aromatic carbocycles. The van der Waals surface area contributed by atoms with Crippen molar-refractivity contribution in [2.75, 3.05) is 0 Å². The van der Waals surface area contributed by atoms with Crippen molar-refractivity contribution in [1.82, 2.24) is 3.56 Å². The fourth-order valence-electron chi connectivity index (χ4n) is 2.19. The van der Waals surface area contributed by atoms with Crippen molar-refractivity contribution in [3.63, 3.8) is 0 Å². The molecule has 0 aliphatic rings. The average molecular weight is 330 g/mol. The Balaban J connectivity index is 2.03. The predicted octanol–water partition coefficient (Wildman–Crippen LogP) is 3.26. The van der Waals surface area contributed by atoms with Gasteiger partial charge in [0.2, 0.25) is 0 Å². The van der Waals surface area contributed by atoms with Crippen LogP contribution in [-0.4, -0.2) is 18.3 Å². The molecule has 4 heteroatoms. The van der Waals surface area contributed by atoms with Crippen molar-refractivity contribution >= 4 is 45.8 Å². The summed E-state index contributed by atoms with van der Waals surface area (Å²) in [6, 6.07) is 18.3. The van der Waals surface area contributed by atoms with Gasteiger partial charge < -0.3 is 0 Å². The number of thiophene rings is 1. The molecule has 2 aromatic heterocycles. The first-order valence-electron chi connectivity index (χ1n) is 5.93. The van der Waals surface area contributed by atoms with Crippen LogP contribution in [0.2, 0.25) is 0 Å². The van der Waals surface area contributed by atoms with Crippen molar-refractivity contribution in [3.05, 3.63) is 65.0 Å². The first-order chi connectivity index (χ1) is 9.33. The van der Waals surface area contributed by atoms with Crippen LogP contribution in [0.1, 0.15) is 0 Å². The summed E-state index contributed by atoms with van der Waals surface area (Å²) < 4.78 is 4.34. The molecule has 0 aliphatic heterocycles. The molecule has 0 fully saturated rings. The summed E-state index contributed by atoms with van der Waals surface area (Å²) in [5, 5.41) is 3.13. The van der Waals surface area contributed by atoms with E-state index >= 15 is 0 Å². The van der Waals surface area contributed by atoms with Crippen molar-refractivity contribution in [3.8, 4) is 5.00 Å². The third-order valence-corrected chi connectivity index (χ3v) is 6.77. The molecular formula is C15H9NOSSe. The van der Waals surface area contributed by atoms with Crippen LogP contribution in [0.15, 0.2) is 59.4 Å². The van der Waals surface area contributed by atoms with E-state index in [1.165, 1.54) is 14.3 Å². The van der Waals surface area contributed by atoms with Crippen molar-refractivity contribution in [2.24, 2.45) is 0 Å². The fraction of sp³-hybridized carbons (Fsp3) is 0. The molecule has 0 saturated carbocycles. The van der Waals surface area contributed by atoms with Gasteiger partial charge in [0.15, 0.2) is 0 Å². The summed E-state index contributed by atoms with van der Waals surface area (Å²) in [5.41, 5.74) is 0.141. The van der Waals surface area contributed by atoms with E-state index in [1.54, 1.807) is 11.3 Å². The van der Waals surface area contributed by atoms with E-state index < -0.39 is 0 Å². The Morgan fingerprint density at radius 2 is 1.79 bits per heavy atom. The molecule has 0 N–H and O–H groups in total. The second kappa shape index (κ2) is 4.20. The van der Waals surface area contributed by atoms with Crippen LogP contribution in [0.25, 0.3) is 24.7 Å². The quantitative estimate of drug-likeness (QED) is 0.491. The van der Waals surface area contributed by atoms with Gasteiger partial charge in [0.05, 0.1) is 0 Å². The maximum atomic E-state index is 12.4. The van der Waals surface area contributed by atoms with Crippen molar-refractivity contribution < 1.29 is 0 Å². The summed E-state index contributed by atoms with van der Waals surface area (Å²) in [6.45, 7) is 0. The van der Waals surface area contributed by atoms with Crippen LogP contribution < -0.4 is 5.56 Å². The number of nitrogens with zero attached hydrogens (tertiary/aromatic N) is 1. The Morgan fingerprint density at radius 1 is 1.00 bits per heavy atom. The second-order valence-corrected chi connectivity index (χ2v) is 7.44. The molecule has 0 saturated heterocycles. The molecule has 0 atom stereocenters. The topological polar surface area (TPSA) is 22.0 Å². The number of hydrogen-bond donors (Lipinski definition) is 0. The molecule has 4 aromatic rings. The van der Waals surface area contributed by atoms with Crippen molar-refractivity contribution in [2.45, 2.75) is 0 Å². The Bertz CT molecular complexity index is 914. The SMILES string of the molecule is O=c1c2ccccc2[se]n1-c1cc2ccccc2s1. The zero-order valence-corrected chi connectivity index (χ0v) is 12.4. The van der Waals surface area contributed by atoms with Crippen LogP contribution in [0.5, 0.6) is 0 Å². The molecule has 0 radical (unpaired) electrons. The Labute approximate surface area is 119 Å². The Hall–Kier alpha value is -1.61. The zero-order chi connectivity index (χ0) is 12.8. The summed E-state index contributed by atoms with van der Waals surface area (Å²) in [4.78, 5) is 12.4. The molecule has 0 spiro atoms. The van der Waals surface area contributed by atoms with Crippen LogP contribution in [-0.2, 0) is 0 Å². The molecule has 0 bridgehead atoms. The van der Waals surface area contributed by atoms with Gasteiger partial charge in [0, 0.05) is 0 Å². The minimum absolute atomic E-state index is 0.0640. The van der Waals surface area contributed by atoms with E-state index in [2.05, 4.69) is 24.3 Å². The van der Waals surface area contributed by atoms with E-state index in [1.807, 2.05) is 33.9 Å². The monoisotopic (exact) mass is 331 g/mol. The maximum absolute atomic E-state index is 12.4. The van der Waals surface area contributed by atoms with Gasteiger partial charge in [0.1, 0.15) is 0 Å². The van der Waals surface area contributed by atoms with E-state index in [9.17, 15) is 4.79 Å². The average Bonchev–Trinajstić information content (AvgIpc) is 3.00. The van der Waals surface area contributed by atoms with E-state index in [-0.39, 0.29) is 20.3 Å². The standard InChI is InChI=1S/C15H9NOSSe/c17-15-11-6-2-4-8-13(11)19-16(15)14-9-10-5-1-3-7-12(10)18-14/h1-9H. The van der Waals surface area contributed by atoms with Crippen molar-refractivity contribution in [1.29, 1.82) is 0 Å². The number of fused-ring (bicyclic) bond motifs is 2. The summed E-state index contributed by atoms with van der Waals surface area (Å²) in [7, 11) is 0. The Kier molecular flexibility index (Phi) is 2.49. The normalized spacial score (nSPS) is 11.4. The van der Waals surface area contributed by atoms with E-state index in [0.717, 1.165) is 10.4 Å². The van der Waals surface area contributed by atoms with Gasteiger partial charge in [-0.2, -0.15) is 0 Å². The molecule has 2 heterocycles. The number of benzene rings is 2. The molecule has 92 valence electrons. The van der Waals surface area contributed by atoms with Gasteiger partial charge in [-0.15, -0.1) is 0 Å². The third kappa shape index (κ3) is 1.72. The zero-order valence-electron chi connectivity index (χ0n) is 9.87. The van der Waals surface area contributed by atoms with Crippen LogP contribution in [0.4, 0.5) is 0 Å². The first kappa shape index (κ1) is 11.2. The number of aromatic nitrogens is 1. The predicted molar refractivity (Wildman–Crippen MR) is 81.9 cm³/mol. The van der Waals surface area contributed by atoms with Gasteiger partial charge in [0.25, 0.3) is 0 Å².